The number of nitrogens with two attached hydrogens (primary N) is 1. The lowest BCUT2D eigenvalue weighted by Crippen LogP contribution is -2.47. The van der Waals surface area contributed by atoms with E-state index in [0.717, 1.165) is 38.8 Å². The van der Waals surface area contributed by atoms with Gasteiger partial charge in [-0.05, 0) is 38.6 Å². The topological polar surface area (TPSA) is 58.4 Å². The normalized spacial score (nSPS) is 18.7. The number of carbonyl (C=O) groups is 1. The van der Waals surface area contributed by atoms with Crippen LogP contribution in [0, 0.1) is 0 Å². The summed E-state index contributed by atoms with van der Waals surface area (Å²) in [7, 11) is 0. The molecule has 0 aromatic rings. The lowest BCUT2D eigenvalue weighted by molar-refractivity contribution is 0.181. The summed E-state index contributed by atoms with van der Waals surface area (Å²) in [5.74, 6) is 0. The quantitative estimate of drug-likeness (QED) is 0.739. The fourth-order valence-electron chi connectivity index (χ4n) is 1.94. The van der Waals surface area contributed by atoms with E-state index in [4.69, 9.17) is 5.73 Å². The van der Waals surface area contributed by atoms with Gasteiger partial charge < -0.3 is 16.0 Å². The SMILES string of the molecule is CCC(CCN)NC(=O)N1CCCCC1. The second-order valence-corrected chi connectivity index (χ2v) is 4.18. The molecule has 0 aliphatic carbocycles. The van der Waals surface area contributed by atoms with Crippen molar-refractivity contribution >= 4 is 6.03 Å². The van der Waals surface area contributed by atoms with E-state index in [2.05, 4.69) is 12.2 Å². The maximum atomic E-state index is 11.8. The molecule has 1 aliphatic heterocycles. The molecule has 0 saturated carbocycles. The second kappa shape index (κ2) is 6.67. The molecular weight excluding hydrogens is 190 g/mol. The van der Waals surface area contributed by atoms with Gasteiger partial charge in [-0.3, -0.25) is 0 Å². The molecule has 1 atom stereocenters. The van der Waals surface area contributed by atoms with Crippen LogP contribution in [0.2, 0.25) is 0 Å². The van der Waals surface area contributed by atoms with Gasteiger partial charge in [0, 0.05) is 19.1 Å². The van der Waals surface area contributed by atoms with Crippen LogP contribution in [0.4, 0.5) is 4.79 Å². The van der Waals surface area contributed by atoms with Gasteiger partial charge in [-0.25, -0.2) is 4.79 Å². The molecule has 1 heterocycles. The van der Waals surface area contributed by atoms with E-state index in [1.54, 1.807) is 0 Å². The average molecular weight is 213 g/mol. The first kappa shape index (κ1) is 12.3. The van der Waals surface area contributed by atoms with Crippen LogP contribution in [0.15, 0.2) is 0 Å². The Morgan fingerprint density at radius 3 is 2.60 bits per heavy atom. The van der Waals surface area contributed by atoms with E-state index in [0.29, 0.717) is 6.54 Å². The average Bonchev–Trinajstić information content (AvgIpc) is 2.29. The van der Waals surface area contributed by atoms with Crippen LogP contribution in [0.25, 0.3) is 0 Å². The zero-order valence-electron chi connectivity index (χ0n) is 9.67. The van der Waals surface area contributed by atoms with Gasteiger partial charge in [0.1, 0.15) is 0 Å². The molecule has 3 N–H and O–H groups in total. The summed E-state index contributed by atoms with van der Waals surface area (Å²) in [5.41, 5.74) is 5.49. The number of amides is 2. The number of piperidine rings is 1. The van der Waals surface area contributed by atoms with Crippen molar-refractivity contribution in [3.63, 3.8) is 0 Å². The summed E-state index contributed by atoms with van der Waals surface area (Å²) in [4.78, 5) is 13.7. The predicted octanol–water partition coefficient (Wildman–Crippen LogP) is 1.31. The fraction of sp³-hybridized carbons (Fsp3) is 0.909. The Kier molecular flexibility index (Phi) is 5.47. The minimum Gasteiger partial charge on any atom is -0.335 e. The summed E-state index contributed by atoms with van der Waals surface area (Å²) in [5, 5.41) is 3.04. The monoisotopic (exact) mass is 213 g/mol. The highest BCUT2D eigenvalue weighted by Crippen LogP contribution is 2.09. The molecule has 1 aliphatic rings. The fourth-order valence-corrected chi connectivity index (χ4v) is 1.94. The first-order valence-electron chi connectivity index (χ1n) is 6.03. The molecule has 0 bridgehead atoms. The molecular formula is C11H23N3O. The van der Waals surface area contributed by atoms with Crippen molar-refractivity contribution in [3.05, 3.63) is 0 Å². The number of rotatable bonds is 4. The number of urea groups is 1. The Labute approximate surface area is 92.2 Å². The minimum absolute atomic E-state index is 0.0926. The van der Waals surface area contributed by atoms with Crippen molar-refractivity contribution in [2.75, 3.05) is 19.6 Å². The largest absolute Gasteiger partial charge is 0.335 e. The third kappa shape index (κ3) is 4.08. The van der Waals surface area contributed by atoms with Crippen LogP contribution in [-0.4, -0.2) is 36.6 Å². The van der Waals surface area contributed by atoms with Crippen LogP contribution >= 0.6 is 0 Å². The van der Waals surface area contributed by atoms with Gasteiger partial charge in [0.2, 0.25) is 0 Å². The van der Waals surface area contributed by atoms with Crippen LogP contribution in [-0.2, 0) is 0 Å². The van der Waals surface area contributed by atoms with Gasteiger partial charge >= 0.3 is 6.03 Å². The van der Waals surface area contributed by atoms with E-state index in [1.807, 2.05) is 4.90 Å². The van der Waals surface area contributed by atoms with Gasteiger partial charge in [0.25, 0.3) is 0 Å². The van der Waals surface area contributed by atoms with Crippen LogP contribution < -0.4 is 11.1 Å². The molecule has 0 spiro atoms. The summed E-state index contributed by atoms with van der Waals surface area (Å²) in [6.07, 6.45) is 5.36. The summed E-state index contributed by atoms with van der Waals surface area (Å²) in [6, 6.07) is 0.333. The highest BCUT2D eigenvalue weighted by atomic mass is 16.2. The molecule has 0 aromatic carbocycles. The zero-order chi connectivity index (χ0) is 11.1. The van der Waals surface area contributed by atoms with Crippen molar-refractivity contribution in [3.8, 4) is 0 Å². The number of hydrogen-bond acceptors (Lipinski definition) is 2. The Bertz CT molecular complexity index is 190. The third-order valence-electron chi connectivity index (χ3n) is 2.98. The minimum atomic E-state index is 0.0926. The second-order valence-electron chi connectivity index (χ2n) is 4.18. The number of carbonyl (C=O) groups excluding carboxylic acids is 1. The Morgan fingerprint density at radius 1 is 1.40 bits per heavy atom. The summed E-state index contributed by atoms with van der Waals surface area (Å²) in [6.45, 7) is 4.53. The standard InChI is InChI=1S/C11H23N3O/c1-2-10(6-7-12)13-11(15)14-8-4-3-5-9-14/h10H,2-9,12H2,1H3,(H,13,15). The highest BCUT2D eigenvalue weighted by molar-refractivity contribution is 5.74. The van der Waals surface area contributed by atoms with Crippen LogP contribution in [0.1, 0.15) is 39.0 Å². The smallest absolute Gasteiger partial charge is 0.317 e. The molecule has 4 heteroatoms. The summed E-state index contributed by atoms with van der Waals surface area (Å²) >= 11 is 0. The molecule has 88 valence electrons. The molecule has 1 unspecified atom stereocenters. The number of likely N-dealkylation sites (tertiary alicyclic amines) is 1. The first-order chi connectivity index (χ1) is 7.27. The molecule has 1 fully saturated rings. The number of hydrogen-bond donors (Lipinski definition) is 2. The van der Waals surface area contributed by atoms with Crippen molar-refractivity contribution in [2.45, 2.75) is 45.1 Å². The highest BCUT2D eigenvalue weighted by Gasteiger charge is 2.18. The van der Waals surface area contributed by atoms with E-state index in [9.17, 15) is 4.79 Å². The van der Waals surface area contributed by atoms with Gasteiger partial charge in [-0.1, -0.05) is 6.92 Å². The Morgan fingerprint density at radius 2 is 2.07 bits per heavy atom. The maximum Gasteiger partial charge on any atom is 0.317 e. The van der Waals surface area contributed by atoms with Crippen LogP contribution in [0.5, 0.6) is 0 Å². The molecule has 2 amide bonds. The number of nitrogens with one attached hydrogen (secondary N) is 1. The zero-order valence-corrected chi connectivity index (χ0v) is 9.67. The lowest BCUT2D eigenvalue weighted by Gasteiger charge is -2.29. The van der Waals surface area contributed by atoms with E-state index in [1.165, 1.54) is 6.42 Å². The van der Waals surface area contributed by atoms with E-state index >= 15 is 0 Å². The van der Waals surface area contributed by atoms with Crippen molar-refractivity contribution in [2.24, 2.45) is 5.73 Å². The first-order valence-corrected chi connectivity index (χ1v) is 6.03. The molecule has 1 rings (SSSR count). The lowest BCUT2D eigenvalue weighted by atomic mass is 10.1. The number of nitrogens with zero attached hydrogens (tertiary/aromatic N) is 1. The van der Waals surface area contributed by atoms with E-state index < -0.39 is 0 Å². The molecule has 0 radical (unpaired) electrons. The molecule has 4 nitrogen and oxygen atoms in total. The van der Waals surface area contributed by atoms with E-state index in [-0.39, 0.29) is 12.1 Å². The van der Waals surface area contributed by atoms with Crippen molar-refractivity contribution in [1.82, 2.24) is 10.2 Å². The molecule has 0 aromatic heterocycles. The van der Waals surface area contributed by atoms with Crippen molar-refractivity contribution in [1.29, 1.82) is 0 Å². The van der Waals surface area contributed by atoms with Crippen LogP contribution in [0.3, 0.4) is 0 Å². The molecule has 15 heavy (non-hydrogen) atoms. The van der Waals surface area contributed by atoms with Gasteiger partial charge in [0.15, 0.2) is 0 Å². The Hall–Kier alpha value is -0.770. The van der Waals surface area contributed by atoms with Gasteiger partial charge in [-0.2, -0.15) is 0 Å². The third-order valence-corrected chi connectivity index (χ3v) is 2.98. The van der Waals surface area contributed by atoms with Gasteiger partial charge in [0.05, 0.1) is 0 Å². The van der Waals surface area contributed by atoms with Crippen molar-refractivity contribution < 1.29 is 4.79 Å². The maximum absolute atomic E-state index is 11.8. The van der Waals surface area contributed by atoms with Gasteiger partial charge in [-0.15, -0.1) is 0 Å². The summed E-state index contributed by atoms with van der Waals surface area (Å²) < 4.78 is 0. The predicted molar refractivity (Wildman–Crippen MR) is 61.7 cm³/mol. The molecule has 1 saturated heterocycles. The Balaban J connectivity index is 2.31.